The minimum absolute atomic E-state index is 0.0218. The average Bonchev–Trinajstić information content (AvgIpc) is 3.00. The first kappa shape index (κ1) is 17.5. The van der Waals surface area contributed by atoms with Gasteiger partial charge in [-0.3, -0.25) is 9.59 Å². The maximum atomic E-state index is 13.4. The fourth-order valence-electron chi connectivity index (χ4n) is 3.59. The molecule has 1 atom stereocenters. The monoisotopic (exact) mass is 368 g/mol. The van der Waals surface area contributed by atoms with Crippen LogP contribution in [0, 0.1) is 18.7 Å². The summed E-state index contributed by atoms with van der Waals surface area (Å²) >= 11 is 0. The normalized spacial score (nSPS) is 19.9. The van der Waals surface area contributed by atoms with Gasteiger partial charge in [0, 0.05) is 18.7 Å². The first-order valence-electron chi connectivity index (χ1n) is 9.08. The Labute approximate surface area is 157 Å². The fourth-order valence-corrected chi connectivity index (χ4v) is 3.59. The molecule has 140 valence electrons. The van der Waals surface area contributed by atoms with Crippen LogP contribution in [-0.4, -0.2) is 42.5 Å². The fraction of sp³-hybridized carbons (Fsp3) is 0.333. The van der Waals surface area contributed by atoms with Crippen LogP contribution in [0.4, 0.5) is 10.1 Å². The molecule has 0 bridgehead atoms. The van der Waals surface area contributed by atoms with E-state index >= 15 is 0 Å². The Kier molecular flexibility index (Phi) is 4.56. The molecule has 2 saturated heterocycles. The van der Waals surface area contributed by atoms with Crippen molar-refractivity contribution in [1.82, 2.24) is 4.90 Å². The molecule has 2 heterocycles. The number of nitrogens with zero attached hydrogens (tertiary/aromatic N) is 2. The summed E-state index contributed by atoms with van der Waals surface area (Å²) < 4.78 is 19.4. The standard InChI is InChI=1S/C21H21FN2O3/c1-14-5-2-3-8-19(14)27-18-12-23(13-18)21(26)15-9-20(25)24(11-15)17-7-4-6-16(22)10-17/h2-8,10,15,18H,9,11-13H2,1H3/t15-/m1/s1. The lowest BCUT2D eigenvalue weighted by molar-refractivity contribution is -0.144. The molecule has 6 heteroatoms. The third-order valence-electron chi connectivity index (χ3n) is 5.14. The number of halogens is 1. The summed E-state index contributed by atoms with van der Waals surface area (Å²) in [6.45, 7) is 3.33. The van der Waals surface area contributed by atoms with Gasteiger partial charge in [0.2, 0.25) is 11.8 Å². The van der Waals surface area contributed by atoms with Gasteiger partial charge in [-0.15, -0.1) is 0 Å². The highest BCUT2D eigenvalue weighted by Gasteiger charge is 2.41. The van der Waals surface area contributed by atoms with E-state index in [2.05, 4.69) is 0 Å². The molecule has 0 unspecified atom stereocenters. The Balaban J connectivity index is 1.34. The van der Waals surface area contributed by atoms with Crippen molar-refractivity contribution in [3.8, 4) is 5.75 Å². The minimum atomic E-state index is -0.394. The van der Waals surface area contributed by atoms with Crippen molar-refractivity contribution in [2.45, 2.75) is 19.4 Å². The van der Waals surface area contributed by atoms with E-state index in [1.807, 2.05) is 31.2 Å². The summed E-state index contributed by atoms with van der Waals surface area (Å²) in [5.41, 5.74) is 1.56. The Morgan fingerprint density at radius 1 is 1.11 bits per heavy atom. The number of likely N-dealkylation sites (tertiary alicyclic amines) is 1. The number of amides is 2. The van der Waals surface area contributed by atoms with Gasteiger partial charge in [0.15, 0.2) is 0 Å². The first-order chi connectivity index (χ1) is 13.0. The average molecular weight is 368 g/mol. The van der Waals surface area contributed by atoms with Crippen molar-refractivity contribution in [2.75, 3.05) is 24.5 Å². The minimum Gasteiger partial charge on any atom is -0.486 e. The summed E-state index contributed by atoms with van der Waals surface area (Å²) in [6, 6.07) is 13.7. The van der Waals surface area contributed by atoms with Crippen LogP contribution in [0.15, 0.2) is 48.5 Å². The molecule has 2 aromatic carbocycles. The van der Waals surface area contributed by atoms with Gasteiger partial charge in [0.1, 0.15) is 17.7 Å². The van der Waals surface area contributed by atoms with Crippen molar-refractivity contribution in [3.05, 3.63) is 59.9 Å². The molecule has 5 nitrogen and oxygen atoms in total. The van der Waals surface area contributed by atoms with Gasteiger partial charge in [0.05, 0.1) is 19.0 Å². The van der Waals surface area contributed by atoms with Crippen LogP contribution >= 0.6 is 0 Å². The highest BCUT2D eigenvalue weighted by atomic mass is 19.1. The molecular weight excluding hydrogens is 347 g/mol. The molecule has 0 radical (unpaired) electrons. The number of rotatable bonds is 4. The van der Waals surface area contributed by atoms with E-state index in [0.717, 1.165) is 11.3 Å². The molecule has 2 aliphatic heterocycles. The second kappa shape index (κ2) is 7.02. The van der Waals surface area contributed by atoms with E-state index in [9.17, 15) is 14.0 Å². The Hall–Kier alpha value is -2.89. The zero-order valence-corrected chi connectivity index (χ0v) is 15.1. The second-order valence-electron chi connectivity index (χ2n) is 7.13. The van der Waals surface area contributed by atoms with Gasteiger partial charge in [-0.2, -0.15) is 0 Å². The quantitative estimate of drug-likeness (QED) is 0.834. The molecule has 0 aromatic heterocycles. The van der Waals surface area contributed by atoms with Gasteiger partial charge < -0.3 is 14.5 Å². The lowest BCUT2D eigenvalue weighted by Gasteiger charge is -2.40. The van der Waals surface area contributed by atoms with Crippen LogP contribution in [0.25, 0.3) is 0 Å². The third kappa shape index (κ3) is 3.52. The maximum Gasteiger partial charge on any atom is 0.228 e. The Morgan fingerprint density at radius 2 is 1.89 bits per heavy atom. The van der Waals surface area contributed by atoms with E-state index in [1.165, 1.54) is 17.0 Å². The van der Waals surface area contributed by atoms with Crippen LogP contribution in [-0.2, 0) is 9.59 Å². The molecule has 27 heavy (non-hydrogen) atoms. The number of anilines is 1. The van der Waals surface area contributed by atoms with Crippen molar-refractivity contribution in [1.29, 1.82) is 0 Å². The molecule has 0 saturated carbocycles. The molecule has 2 amide bonds. The SMILES string of the molecule is Cc1ccccc1OC1CN(C(=O)[C@@H]2CC(=O)N(c3cccc(F)c3)C2)C1. The van der Waals surface area contributed by atoms with Crippen molar-refractivity contribution in [3.63, 3.8) is 0 Å². The number of carbonyl (C=O) groups excluding carboxylic acids is 2. The van der Waals surface area contributed by atoms with Crippen LogP contribution in [0.5, 0.6) is 5.75 Å². The zero-order valence-electron chi connectivity index (χ0n) is 15.1. The number of hydrogen-bond acceptors (Lipinski definition) is 3. The van der Waals surface area contributed by atoms with E-state index < -0.39 is 5.82 Å². The Bertz CT molecular complexity index is 879. The number of benzene rings is 2. The number of carbonyl (C=O) groups is 2. The highest BCUT2D eigenvalue weighted by Crippen LogP contribution is 2.29. The summed E-state index contributed by atoms with van der Waals surface area (Å²) in [5.74, 6) is -0.129. The number of aryl methyl sites for hydroxylation is 1. The summed E-state index contributed by atoms with van der Waals surface area (Å²) in [6.07, 6.45) is 0.140. The summed E-state index contributed by atoms with van der Waals surface area (Å²) in [7, 11) is 0. The number of hydrogen-bond donors (Lipinski definition) is 0. The molecular formula is C21H21FN2O3. The molecule has 0 spiro atoms. The number of para-hydroxylation sites is 1. The lowest BCUT2D eigenvalue weighted by Crippen LogP contribution is -2.57. The number of ether oxygens (including phenoxy) is 1. The Morgan fingerprint density at radius 3 is 2.63 bits per heavy atom. The zero-order chi connectivity index (χ0) is 19.0. The smallest absolute Gasteiger partial charge is 0.228 e. The molecule has 2 fully saturated rings. The predicted molar refractivity (Wildman–Crippen MR) is 99.0 cm³/mol. The van der Waals surface area contributed by atoms with Gasteiger partial charge in [0.25, 0.3) is 0 Å². The second-order valence-corrected chi connectivity index (χ2v) is 7.13. The van der Waals surface area contributed by atoms with Crippen molar-refractivity contribution in [2.24, 2.45) is 5.92 Å². The molecule has 2 aromatic rings. The first-order valence-corrected chi connectivity index (χ1v) is 9.08. The highest BCUT2D eigenvalue weighted by molar-refractivity contribution is 6.00. The molecule has 4 rings (SSSR count). The van der Waals surface area contributed by atoms with E-state index in [1.54, 1.807) is 17.0 Å². The van der Waals surface area contributed by atoms with E-state index in [4.69, 9.17) is 4.74 Å². The van der Waals surface area contributed by atoms with Crippen molar-refractivity contribution < 1.29 is 18.7 Å². The van der Waals surface area contributed by atoms with E-state index in [-0.39, 0.29) is 30.3 Å². The molecule has 0 N–H and O–H groups in total. The largest absolute Gasteiger partial charge is 0.486 e. The van der Waals surface area contributed by atoms with Crippen LogP contribution in [0.2, 0.25) is 0 Å². The van der Waals surface area contributed by atoms with Gasteiger partial charge in [-0.1, -0.05) is 24.3 Å². The molecule has 2 aliphatic rings. The summed E-state index contributed by atoms with van der Waals surface area (Å²) in [5, 5.41) is 0. The van der Waals surface area contributed by atoms with Crippen LogP contribution in [0.1, 0.15) is 12.0 Å². The topological polar surface area (TPSA) is 49.9 Å². The third-order valence-corrected chi connectivity index (χ3v) is 5.14. The van der Waals surface area contributed by atoms with Gasteiger partial charge in [-0.25, -0.2) is 4.39 Å². The van der Waals surface area contributed by atoms with E-state index in [0.29, 0.717) is 25.3 Å². The van der Waals surface area contributed by atoms with Gasteiger partial charge >= 0.3 is 0 Å². The lowest BCUT2D eigenvalue weighted by atomic mass is 10.0. The predicted octanol–water partition coefficient (Wildman–Crippen LogP) is 2.78. The molecule has 0 aliphatic carbocycles. The van der Waals surface area contributed by atoms with Crippen molar-refractivity contribution >= 4 is 17.5 Å². The maximum absolute atomic E-state index is 13.4. The van der Waals surface area contributed by atoms with Crippen LogP contribution in [0.3, 0.4) is 0 Å². The summed E-state index contributed by atoms with van der Waals surface area (Å²) in [4.78, 5) is 28.2. The van der Waals surface area contributed by atoms with Crippen LogP contribution < -0.4 is 9.64 Å². The van der Waals surface area contributed by atoms with Gasteiger partial charge in [-0.05, 0) is 36.8 Å².